The lowest BCUT2D eigenvalue weighted by molar-refractivity contribution is -0.117. The van der Waals surface area contributed by atoms with Crippen molar-refractivity contribution < 1.29 is 19.1 Å². The topological polar surface area (TPSA) is 55.8 Å². The molecule has 0 saturated heterocycles. The number of carbonyl (C=O) groups excluding carboxylic acids is 2. The molecule has 2 aliphatic carbocycles. The second-order valence-corrected chi connectivity index (χ2v) is 7.97. The van der Waals surface area contributed by atoms with E-state index >= 15 is 0 Å². The third kappa shape index (κ3) is 3.26. The molecule has 0 unspecified atom stereocenters. The van der Waals surface area contributed by atoms with Crippen LogP contribution >= 0.6 is 0 Å². The van der Waals surface area contributed by atoms with Gasteiger partial charge < -0.3 is 14.4 Å². The van der Waals surface area contributed by atoms with Crippen LogP contribution in [0.25, 0.3) is 0 Å². The zero-order chi connectivity index (χ0) is 20.5. The Hall–Kier alpha value is -2.56. The van der Waals surface area contributed by atoms with E-state index in [0.717, 1.165) is 66.8 Å². The number of hydrogen-bond acceptors (Lipinski definition) is 5. The summed E-state index contributed by atoms with van der Waals surface area (Å²) in [5, 5.41) is 0. The van der Waals surface area contributed by atoms with Crippen molar-refractivity contribution in [3.05, 3.63) is 46.3 Å². The van der Waals surface area contributed by atoms with Gasteiger partial charge in [-0.15, -0.1) is 0 Å². The fraction of sp³-hybridized carbons (Fsp3) is 0.500. The SMILES string of the molecule is CCCN1C2=C(C(=O)CCC2)C(c2ccc(OC)c(OC)c2)C2=C1CCCC2=O. The number of ketones is 2. The first kappa shape index (κ1) is 19.7. The van der Waals surface area contributed by atoms with Gasteiger partial charge in [-0.1, -0.05) is 13.0 Å². The van der Waals surface area contributed by atoms with Gasteiger partial charge in [0.05, 0.1) is 14.2 Å². The molecule has 0 fully saturated rings. The standard InChI is InChI=1S/C24H29NO4/c1-4-13-25-16-7-5-9-18(26)23(16)22(24-17(25)8-6-10-19(24)27)15-11-12-20(28-2)21(14-15)29-3/h11-12,14,22H,4-10,13H2,1-3H3. The molecule has 0 amide bonds. The molecule has 154 valence electrons. The van der Waals surface area contributed by atoms with Crippen LogP contribution < -0.4 is 9.47 Å². The summed E-state index contributed by atoms with van der Waals surface area (Å²) in [6.45, 7) is 3.01. The first-order chi connectivity index (χ1) is 14.1. The van der Waals surface area contributed by atoms with E-state index in [1.807, 2.05) is 18.2 Å². The third-order valence-electron chi connectivity index (χ3n) is 6.27. The minimum Gasteiger partial charge on any atom is -0.493 e. The number of Topliss-reactive ketones (excluding diaryl/α,β-unsaturated/α-hetero) is 2. The maximum absolute atomic E-state index is 13.1. The zero-order valence-corrected chi connectivity index (χ0v) is 17.5. The number of rotatable bonds is 5. The summed E-state index contributed by atoms with van der Waals surface area (Å²) >= 11 is 0. The van der Waals surface area contributed by atoms with Gasteiger partial charge >= 0.3 is 0 Å². The molecule has 0 aromatic heterocycles. The van der Waals surface area contributed by atoms with E-state index in [9.17, 15) is 9.59 Å². The maximum atomic E-state index is 13.1. The number of hydrogen-bond donors (Lipinski definition) is 0. The van der Waals surface area contributed by atoms with Crippen molar-refractivity contribution in [2.75, 3.05) is 20.8 Å². The Morgan fingerprint density at radius 2 is 1.48 bits per heavy atom. The molecule has 0 bridgehead atoms. The van der Waals surface area contributed by atoms with E-state index < -0.39 is 0 Å². The summed E-state index contributed by atoms with van der Waals surface area (Å²) in [4.78, 5) is 28.6. The summed E-state index contributed by atoms with van der Waals surface area (Å²) in [7, 11) is 3.22. The third-order valence-corrected chi connectivity index (χ3v) is 6.27. The highest BCUT2D eigenvalue weighted by molar-refractivity contribution is 6.06. The highest BCUT2D eigenvalue weighted by Crippen LogP contribution is 2.50. The van der Waals surface area contributed by atoms with Gasteiger partial charge in [0.2, 0.25) is 0 Å². The summed E-state index contributed by atoms with van der Waals surface area (Å²) < 4.78 is 10.9. The van der Waals surface area contributed by atoms with Crippen molar-refractivity contribution >= 4 is 11.6 Å². The van der Waals surface area contributed by atoms with Crippen LogP contribution in [0.2, 0.25) is 0 Å². The molecule has 3 aliphatic rings. The Bertz CT molecular complexity index is 867. The molecule has 0 N–H and O–H groups in total. The summed E-state index contributed by atoms with van der Waals surface area (Å²) in [6, 6.07) is 5.77. The summed E-state index contributed by atoms with van der Waals surface area (Å²) in [6.07, 6.45) is 5.65. The van der Waals surface area contributed by atoms with Crippen molar-refractivity contribution in [3.8, 4) is 11.5 Å². The second-order valence-electron chi connectivity index (χ2n) is 7.97. The van der Waals surface area contributed by atoms with Gasteiger partial charge in [0, 0.05) is 47.8 Å². The molecule has 1 aromatic carbocycles. The fourth-order valence-corrected chi connectivity index (χ4v) is 5.08. The van der Waals surface area contributed by atoms with Crippen molar-refractivity contribution in [3.63, 3.8) is 0 Å². The van der Waals surface area contributed by atoms with Gasteiger partial charge in [0.15, 0.2) is 23.1 Å². The van der Waals surface area contributed by atoms with Crippen LogP contribution in [0.3, 0.4) is 0 Å². The lowest BCUT2D eigenvalue weighted by atomic mass is 9.71. The summed E-state index contributed by atoms with van der Waals surface area (Å²) in [5.74, 6) is 1.33. The van der Waals surface area contributed by atoms with Crippen molar-refractivity contribution in [1.29, 1.82) is 0 Å². The van der Waals surface area contributed by atoms with Gasteiger partial charge in [0.25, 0.3) is 0 Å². The molecule has 4 rings (SSSR count). The molecule has 29 heavy (non-hydrogen) atoms. The molecular formula is C24H29NO4. The van der Waals surface area contributed by atoms with Crippen LogP contribution in [-0.2, 0) is 9.59 Å². The van der Waals surface area contributed by atoms with Gasteiger partial charge in [-0.25, -0.2) is 0 Å². The number of benzene rings is 1. The van der Waals surface area contributed by atoms with Crippen LogP contribution in [-0.4, -0.2) is 37.2 Å². The predicted octanol–water partition coefficient (Wildman–Crippen LogP) is 4.53. The Labute approximate surface area is 172 Å². The van der Waals surface area contributed by atoms with Gasteiger partial charge in [-0.3, -0.25) is 9.59 Å². The predicted molar refractivity (Wildman–Crippen MR) is 111 cm³/mol. The molecule has 5 nitrogen and oxygen atoms in total. The van der Waals surface area contributed by atoms with Gasteiger partial charge in [0.1, 0.15) is 0 Å². The van der Waals surface area contributed by atoms with Crippen LogP contribution in [0.1, 0.15) is 63.4 Å². The molecule has 1 aromatic rings. The number of nitrogens with zero attached hydrogens (tertiary/aromatic N) is 1. The Balaban J connectivity index is 1.94. The van der Waals surface area contributed by atoms with E-state index in [1.165, 1.54) is 0 Å². The smallest absolute Gasteiger partial charge is 0.161 e. The molecule has 1 aliphatic heterocycles. The fourth-order valence-electron chi connectivity index (χ4n) is 5.08. The molecule has 0 radical (unpaired) electrons. The van der Waals surface area contributed by atoms with E-state index in [0.29, 0.717) is 24.3 Å². The number of carbonyl (C=O) groups is 2. The highest BCUT2D eigenvalue weighted by Gasteiger charge is 2.43. The van der Waals surface area contributed by atoms with Crippen LogP contribution in [0, 0.1) is 0 Å². The number of allylic oxidation sites excluding steroid dienone is 4. The normalized spacial score (nSPS) is 20.0. The molecule has 0 atom stereocenters. The van der Waals surface area contributed by atoms with Crippen LogP contribution in [0.5, 0.6) is 11.5 Å². The van der Waals surface area contributed by atoms with Crippen molar-refractivity contribution in [1.82, 2.24) is 4.90 Å². The van der Waals surface area contributed by atoms with Gasteiger partial charge in [-0.2, -0.15) is 0 Å². The van der Waals surface area contributed by atoms with Crippen molar-refractivity contribution in [2.45, 2.75) is 57.8 Å². The second kappa shape index (κ2) is 8.05. The Morgan fingerprint density at radius 1 is 0.897 bits per heavy atom. The number of ether oxygens (including phenoxy) is 2. The van der Waals surface area contributed by atoms with Crippen molar-refractivity contribution in [2.24, 2.45) is 0 Å². The average molecular weight is 395 g/mol. The minimum atomic E-state index is -0.298. The van der Waals surface area contributed by atoms with E-state index in [1.54, 1.807) is 14.2 Å². The summed E-state index contributed by atoms with van der Waals surface area (Å²) in [5.41, 5.74) is 4.86. The van der Waals surface area contributed by atoms with Gasteiger partial charge in [-0.05, 0) is 49.8 Å². The average Bonchev–Trinajstić information content (AvgIpc) is 2.74. The lowest BCUT2D eigenvalue weighted by Crippen LogP contribution is -2.39. The maximum Gasteiger partial charge on any atom is 0.161 e. The lowest BCUT2D eigenvalue weighted by Gasteiger charge is -2.44. The molecular weight excluding hydrogens is 366 g/mol. The van der Waals surface area contributed by atoms with Crippen LogP contribution in [0.4, 0.5) is 0 Å². The quantitative estimate of drug-likeness (QED) is 0.733. The van der Waals surface area contributed by atoms with E-state index in [4.69, 9.17) is 9.47 Å². The molecule has 5 heteroatoms. The Morgan fingerprint density at radius 3 is 2.00 bits per heavy atom. The molecule has 0 spiro atoms. The van der Waals surface area contributed by atoms with E-state index in [-0.39, 0.29) is 17.5 Å². The number of methoxy groups -OCH3 is 2. The minimum absolute atomic E-state index is 0.178. The highest BCUT2D eigenvalue weighted by atomic mass is 16.5. The van der Waals surface area contributed by atoms with E-state index in [2.05, 4.69) is 11.8 Å². The first-order valence-corrected chi connectivity index (χ1v) is 10.6. The first-order valence-electron chi connectivity index (χ1n) is 10.6. The molecule has 1 heterocycles. The Kier molecular flexibility index (Phi) is 5.48. The van der Waals surface area contributed by atoms with Crippen LogP contribution in [0.15, 0.2) is 40.7 Å². The molecule has 0 saturated carbocycles. The monoisotopic (exact) mass is 395 g/mol. The largest absolute Gasteiger partial charge is 0.493 e. The zero-order valence-electron chi connectivity index (χ0n) is 17.5.